The number of rotatable bonds is 7. The molecule has 0 saturated carbocycles. The Hall–Kier alpha value is -0.900. The predicted octanol–water partition coefficient (Wildman–Crippen LogP) is 2.05. The first-order chi connectivity index (χ1) is 8.63. The molecule has 1 aromatic rings. The van der Waals surface area contributed by atoms with Gasteiger partial charge in [-0.3, -0.25) is 0 Å². The van der Waals surface area contributed by atoms with Crippen LogP contribution in [-0.4, -0.2) is 24.3 Å². The molecule has 1 rings (SSSR count). The molecule has 0 saturated heterocycles. The number of nitrogens with two attached hydrogens (primary N) is 1. The van der Waals surface area contributed by atoms with E-state index < -0.39 is 0 Å². The van der Waals surface area contributed by atoms with Gasteiger partial charge in [-0.2, -0.15) is 0 Å². The van der Waals surface area contributed by atoms with Gasteiger partial charge >= 0.3 is 0 Å². The van der Waals surface area contributed by atoms with Crippen LogP contribution < -0.4 is 11.1 Å². The van der Waals surface area contributed by atoms with Crippen molar-refractivity contribution in [3.05, 3.63) is 34.9 Å². The maximum absolute atomic E-state index is 9.06. The van der Waals surface area contributed by atoms with E-state index in [1.807, 2.05) is 0 Å². The molecule has 0 heterocycles. The van der Waals surface area contributed by atoms with Crippen molar-refractivity contribution in [1.82, 2.24) is 5.32 Å². The van der Waals surface area contributed by atoms with E-state index in [1.54, 1.807) is 0 Å². The number of nitrogens with one attached hydrogen (secondary N) is 1. The average Bonchev–Trinajstić information content (AvgIpc) is 2.36. The Morgan fingerprint density at radius 1 is 1.28 bits per heavy atom. The third kappa shape index (κ3) is 3.80. The molecule has 0 aromatic heterocycles. The minimum absolute atomic E-state index is 0.169. The van der Waals surface area contributed by atoms with Gasteiger partial charge in [0.25, 0.3) is 0 Å². The molecule has 0 bridgehead atoms. The highest BCUT2D eigenvalue weighted by molar-refractivity contribution is 5.36. The summed E-state index contributed by atoms with van der Waals surface area (Å²) >= 11 is 0. The summed E-state index contributed by atoms with van der Waals surface area (Å²) in [5, 5.41) is 12.6. The second-order valence-corrected chi connectivity index (χ2v) is 4.88. The van der Waals surface area contributed by atoms with E-state index in [2.05, 4.69) is 44.3 Å². The monoisotopic (exact) mass is 250 g/mol. The Kier molecular flexibility index (Phi) is 6.33. The molecule has 2 atom stereocenters. The lowest BCUT2D eigenvalue weighted by molar-refractivity contribution is 0.255. The molecule has 2 unspecified atom stereocenters. The van der Waals surface area contributed by atoms with Crippen LogP contribution in [0.1, 0.15) is 42.5 Å². The Bertz CT molecular complexity index is 345. The van der Waals surface area contributed by atoms with E-state index in [4.69, 9.17) is 10.8 Å². The van der Waals surface area contributed by atoms with Crippen molar-refractivity contribution >= 4 is 0 Å². The van der Waals surface area contributed by atoms with Crippen LogP contribution in [0.5, 0.6) is 0 Å². The standard InChI is InChI=1S/C15H26N2O/c1-4-13(8-9-18)17-14(10-16)15-11(2)6-5-7-12(15)3/h5-7,13-14,17-18H,4,8-10,16H2,1-3H3. The molecule has 3 nitrogen and oxygen atoms in total. The topological polar surface area (TPSA) is 58.3 Å². The normalized spacial score (nSPS) is 14.5. The van der Waals surface area contributed by atoms with Crippen LogP contribution in [0.25, 0.3) is 0 Å². The zero-order valence-corrected chi connectivity index (χ0v) is 11.7. The van der Waals surface area contributed by atoms with Crippen LogP contribution in [0, 0.1) is 13.8 Å². The molecule has 0 aliphatic carbocycles. The number of hydrogen-bond acceptors (Lipinski definition) is 3. The number of aliphatic hydroxyl groups is 1. The minimum atomic E-state index is 0.169. The summed E-state index contributed by atoms with van der Waals surface area (Å²) in [6.07, 6.45) is 1.78. The van der Waals surface area contributed by atoms with Gasteiger partial charge in [0.1, 0.15) is 0 Å². The summed E-state index contributed by atoms with van der Waals surface area (Å²) in [4.78, 5) is 0. The van der Waals surface area contributed by atoms with Gasteiger partial charge in [-0.05, 0) is 43.4 Å². The summed E-state index contributed by atoms with van der Waals surface area (Å²) in [6.45, 7) is 7.17. The van der Waals surface area contributed by atoms with Crippen molar-refractivity contribution in [2.24, 2.45) is 5.73 Å². The molecule has 0 aliphatic heterocycles. The molecular formula is C15H26N2O. The molecule has 0 aliphatic rings. The summed E-state index contributed by atoms with van der Waals surface area (Å²) in [6, 6.07) is 6.82. The first-order valence-corrected chi connectivity index (χ1v) is 6.77. The lowest BCUT2D eigenvalue weighted by Gasteiger charge is -2.26. The van der Waals surface area contributed by atoms with Crippen molar-refractivity contribution < 1.29 is 5.11 Å². The molecule has 0 radical (unpaired) electrons. The van der Waals surface area contributed by atoms with Crippen LogP contribution in [0.2, 0.25) is 0 Å². The van der Waals surface area contributed by atoms with E-state index in [-0.39, 0.29) is 12.6 Å². The van der Waals surface area contributed by atoms with Crippen LogP contribution in [0.15, 0.2) is 18.2 Å². The molecule has 0 spiro atoms. The van der Waals surface area contributed by atoms with E-state index in [9.17, 15) is 0 Å². The summed E-state index contributed by atoms with van der Waals surface area (Å²) in [7, 11) is 0. The van der Waals surface area contributed by atoms with Crippen LogP contribution in [-0.2, 0) is 0 Å². The second-order valence-electron chi connectivity index (χ2n) is 4.88. The van der Waals surface area contributed by atoms with Crippen molar-refractivity contribution in [3.63, 3.8) is 0 Å². The third-order valence-electron chi connectivity index (χ3n) is 3.53. The zero-order chi connectivity index (χ0) is 13.5. The average molecular weight is 250 g/mol. The predicted molar refractivity (Wildman–Crippen MR) is 76.6 cm³/mol. The molecule has 18 heavy (non-hydrogen) atoms. The van der Waals surface area contributed by atoms with E-state index in [1.165, 1.54) is 16.7 Å². The number of aryl methyl sites for hydroxylation is 2. The van der Waals surface area contributed by atoms with Crippen molar-refractivity contribution in [2.45, 2.75) is 45.7 Å². The summed E-state index contributed by atoms with van der Waals surface area (Å²) in [5.74, 6) is 0. The van der Waals surface area contributed by atoms with Gasteiger partial charge < -0.3 is 16.2 Å². The fraction of sp³-hybridized carbons (Fsp3) is 0.600. The van der Waals surface area contributed by atoms with Gasteiger partial charge in [-0.25, -0.2) is 0 Å². The fourth-order valence-corrected chi connectivity index (χ4v) is 2.49. The Labute approximate surface area is 110 Å². The molecule has 4 N–H and O–H groups in total. The van der Waals surface area contributed by atoms with Crippen LogP contribution in [0.4, 0.5) is 0 Å². The molecular weight excluding hydrogens is 224 g/mol. The van der Waals surface area contributed by atoms with Gasteiger partial charge in [0.2, 0.25) is 0 Å². The number of benzene rings is 1. The molecule has 0 amide bonds. The van der Waals surface area contributed by atoms with E-state index in [0.717, 1.165) is 12.8 Å². The molecule has 0 fully saturated rings. The molecule has 1 aromatic carbocycles. The molecule has 3 heteroatoms. The number of hydrogen-bond donors (Lipinski definition) is 3. The lowest BCUT2D eigenvalue weighted by Crippen LogP contribution is -2.37. The Morgan fingerprint density at radius 2 is 1.89 bits per heavy atom. The van der Waals surface area contributed by atoms with E-state index in [0.29, 0.717) is 12.6 Å². The van der Waals surface area contributed by atoms with Gasteiger partial charge in [0, 0.05) is 25.2 Å². The highest BCUT2D eigenvalue weighted by atomic mass is 16.3. The zero-order valence-electron chi connectivity index (χ0n) is 11.7. The van der Waals surface area contributed by atoms with Gasteiger partial charge in [0.15, 0.2) is 0 Å². The largest absolute Gasteiger partial charge is 0.396 e. The summed E-state index contributed by atoms with van der Waals surface area (Å²) < 4.78 is 0. The first-order valence-electron chi connectivity index (χ1n) is 6.77. The first kappa shape index (κ1) is 15.2. The minimum Gasteiger partial charge on any atom is -0.396 e. The van der Waals surface area contributed by atoms with Crippen molar-refractivity contribution in [2.75, 3.05) is 13.2 Å². The Balaban J connectivity index is 2.88. The lowest BCUT2D eigenvalue weighted by atomic mass is 9.95. The highest BCUT2D eigenvalue weighted by Crippen LogP contribution is 2.22. The highest BCUT2D eigenvalue weighted by Gasteiger charge is 2.17. The SMILES string of the molecule is CCC(CCO)NC(CN)c1c(C)cccc1C. The number of aliphatic hydroxyl groups excluding tert-OH is 1. The summed E-state index contributed by atoms with van der Waals surface area (Å²) in [5.41, 5.74) is 9.77. The smallest absolute Gasteiger partial charge is 0.0451 e. The van der Waals surface area contributed by atoms with E-state index >= 15 is 0 Å². The third-order valence-corrected chi connectivity index (χ3v) is 3.53. The maximum atomic E-state index is 9.06. The van der Waals surface area contributed by atoms with Gasteiger partial charge in [-0.15, -0.1) is 0 Å². The molecule has 102 valence electrons. The van der Waals surface area contributed by atoms with Gasteiger partial charge in [0.05, 0.1) is 0 Å². The van der Waals surface area contributed by atoms with Crippen molar-refractivity contribution in [1.29, 1.82) is 0 Å². The maximum Gasteiger partial charge on any atom is 0.0451 e. The fourth-order valence-electron chi connectivity index (χ4n) is 2.49. The van der Waals surface area contributed by atoms with Gasteiger partial charge in [-0.1, -0.05) is 25.1 Å². The van der Waals surface area contributed by atoms with Crippen molar-refractivity contribution in [3.8, 4) is 0 Å². The Morgan fingerprint density at radius 3 is 2.33 bits per heavy atom. The quantitative estimate of drug-likeness (QED) is 0.694. The van der Waals surface area contributed by atoms with Crippen LogP contribution in [0.3, 0.4) is 0 Å². The second kappa shape index (κ2) is 7.52. The van der Waals surface area contributed by atoms with Crippen LogP contribution >= 0.6 is 0 Å².